The summed E-state index contributed by atoms with van der Waals surface area (Å²) in [4.78, 5) is 52.2. The number of carbonyl (C=O) groups excluding carboxylic acids is 4. The molecule has 8 rings (SSSR count). The SMILES string of the molecule is NC(=O)[C@H](Cc1ccccc1)NC(=O)[C@H](Cc1ccc(O)cc1)NC(=O)CCC(=O)Nc1ccc(O[C@H]2O[C@H](CO)[C@@H](O[C@H]3O[C@H](CO)[C@@H](O[C@H]4O[C@H](CO)[C@@H](O[C@H]5O[C@H](CO)[C@@H](O[C@H]6O[C@H](CO)[C@@H](O)[C@H](O)[C@H]6O)[C@H](O)[C@H]5O)[C@H](O)[C@H]4O)[C@H](O)[C@H]3O)[C@H](O)[C@H]2O)cc1. The molecule has 0 radical (unpaired) electrons. The average Bonchev–Trinajstić information content (AvgIpc) is 0.786. The first-order chi connectivity index (χ1) is 44.4. The van der Waals surface area contributed by atoms with E-state index in [4.69, 9.17) is 53.1 Å². The van der Waals surface area contributed by atoms with E-state index in [9.17, 15) is 106 Å². The van der Waals surface area contributed by atoms with Crippen molar-refractivity contribution in [3.63, 3.8) is 0 Å². The number of hydrogen-bond acceptors (Lipinski definition) is 31. The van der Waals surface area contributed by atoms with Gasteiger partial charge in [0.1, 0.15) is 146 Å². The van der Waals surface area contributed by atoms with Crippen LogP contribution in [-0.2, 0) is 74.7 Å². The van der Waals surface area contributed by atoms with E-state index < -0.39 is 222 Å². The van der Waals surface area contributed by atoms with Gasteiger partial charge in [-0.05, 0) is 47.5 Å². The molecule has 0 bridgehead atoms. The molecule has 35 nitrogen and oxygen atoms in total. The van der Waals surface area contributed by atoms with Crippen LogP contribution >= 0.6 is 0 Å². The number of amides is 4. The molecule has 0 aromatic heterocycles. The topological polar surface area (TPSA) is 567 Å². The molecule has 5 fully saturated rings. The maximum atomic E-state index is 13.6. The third-order valence-corrected chi connectivity index (χ3v) is 16.2. The van der Waals surface area contributed by atoms with Crippen LogP contribution in [-0.4, -0.2) is 309 Å². The summed E-state index contributed by atoms with van der Waals surface area (Å²) in [5, 5.41) is 189. The molecular formula is C58H80N4O31. The Kier molecular flexibility index (Phi) is 26.0. The molecule has 5 saturated heterocycles. The predicted molar refractivity (Wildman–Crippen MR) is 304 cm³/mol. The molecular weight excluding hydrogens is 1250 g/mol. The van der Waals surface area contributed by atoms with E-state index in [1.807, 2.05) is 0 Å². The number of phenols is 1. The minimum absolute atomic E-state index is 0.00542. The van der Waals surface area contributed by atoms with Crippen molar-refractivity contribution < 1.29 is 153 Å². The van der Waals surface area contributed by atoms with Gasteiger partial charge in [0, 0.05) is 31.4 Å². The van der Waals surface area contributed by atoms with Gasteiger partial charge in [-0.3, -0.25) is 19.2 Å². The summed E-state index contributed by atoms with van der Waals surface area (Å²) in [7, 11) is 0. The lowest BCUT2D eigenvalue weighted by Crippen LogP contribution is -2.68. The van der Waals surface area contributed by atoms with Gasteiger partial charge >= 0.3 is 0 Å². The number of nitrogens with one attached hydrogen (secondary N) is 3. The normalized spacial score (nSPS) is 37.0. The van der Waals surface area contributed by atoms with Gasteiger partial charge in [0.2, 0.25) is 29.9 Å². The van der Waals surface area contributed by atoms with Crippen molar-refractivity contribution in [1.29, 1.82) is 0 Å². The Balaban J connectivity index is 0.808. The van der Waals surface area contributed by atoms with Crippen LogP contribution in [0.4, 0.5) is 5.69 Å². The Labute approximate surface area is 528 Å². The Morgan fingerprint density at radius 1 is 0.419 bits per heavy atom. The molecule has 0 aliphatic carbocycles. The molecule has 4 amide bonds. The Bertz CT molecular complexity index is 2850. The second kappa shape index (κ2) is 33.2. The quantitative estimate of drug-likeness (QED) is 0.0337. The first-order valence-electron chi connectivity index (χ1n) is 29.6. The number of aromatic hydroxyl groups is 1. The zero-order valence-corrected chi connectivity index (χ0v) is 49.4. The summed E-state index contributed by atoms with van der Waals surface area (Å²) in [5.74, 6) is -2.87. The van der Waals surface area contributed by atoms with Gasteiger partial charge in [0.25, 0.3) is 0 Å². The molecule has 518 valence electrons. The largest absolute Gasteiger partial charge is 0.508 e. The van der Waals surface area contributed by atoms with Crippen molar-refractivity contribution in [1.82, 2.24) is 10.6 Å². The molecule has 27 atom stereocenters. The lowest BCUT2D eigenvalue weighted by molar-refractivity contribution is -0.392. The summed E-state index contributed by atoms with van der Waals surface area (Å²) in [6.07, 6.45) is -47.9. The molecule has 3 aromatic carbocycles. The van der Waals surface area contributed by atoms with Gasteiger partial charge in [0.05, 0.1) is 33.0 Å². The first kappa shape index (κ1) is 73.0. The van der Waals surface area contributed by atoms with E-state index in [1.165, 1.54) is 36.4 Å². The molecule has 3 aromatic rings. The predicted octanol–water partition coefficient (Wildman–Crippen LogP) is -9.47. The number of nitrogens with two attached hydrogens (primary N) is 1. The molecule has 0 unspecified atom stereocenters. The fraction of sp³-hybridized carbons (Fsp3) is 0.621. The van der Waals surface area contributed by atoms with E-state index in [0.717, 1.165) is 5.56 Å². The number of rotatable bonds is 27. The zero-order chi connectivity index (χ0) is 67.5. The van der Waals surface area contributed by atoms with Crippen LogP contribution in [0.25, 0.3) is 0 Å². The maximum Gasteiger partial charge on any atom is 0.243 e. The average molecular weight is 1330 g/mol. The number of hydrogen-bond donors (Lipinski definition) is 21. The van der Waals surface area contributed by atoms with E-state index >= 15 is 0 Å². The number of aliphatic hydroxyl groups excluding tert-OH is 16. The van der Waals surface area contributed by atoms with Gasteiger partial charge in [-0.15, -0.1) is 0 Å². The van der Waals surface area contributed by atoms with E-state index in [0.29, 0.717) is 5.56 Å². The minimum atomic E-state index is -2.18. The molecule has 93 heavy (non-hydrogen) atoms. The Morgan fingerprint density at radius 2 is 0.796 bits per heavy atom. The highest BCUT2D eigenvalue weighted by molar-refractivity contribution is 5.95. The summed E-state index contributed by atoms with van der Waals surface area (Å²) in [6.45, 7) is -4.76. The number of ether oxygens (including phenoxy) is 10. The van der Waals surface area contributed by atoms with Crippen LogP contribution < -0.4 is 26.4 Å². The highest BCUT2D eigenvalue weighted by atomic mass is 16.8. The number of carbonyl (C=O) groups is 4. The van der Waals surface area contributed by atoms with Crippen LogP contribution in [0.3, 0.4) is 0 Å². The molecule has 5 aliphatic rings. The Hall–Kier alpha value is -5.86. The van der Waals surface area contributed by atoms with Gasteiger partial charge in [-0.1, -0.05) is 42.5 Å². The van der Waals surface area contributed by atoms with Crippen LogP contribution in [0.5, 0.6) is 11.5 Å². The van der Waals surface area contributed by atoms with Crippen molar-refractivity contribution in [3.05, 3.63) is 90.0 Å². The van der Waals surface area contributed by atoms with Gasteiger partial charge in [-0.2, -0.15) is 0 Å². The highest BCUT2D eigenvalue weighted by Crippen LogP contribution is 2.36. The number of primary amides is 1. The molecule has 5 heterocycles. The molecule has 22 N–H and O–H groups in total. The van der Waals surface area contributed by atoms with Crippen molar-refractivity contribution in [2.75, 3.05) is 38.4 Å². The van der Waals surface area contributed by atoms with Crippen molar-refractivity contribution in [3.8, 4) is 11.5 Å². The lowest BCUT2D eigenvalue weighted by atomic mass is 9.95. The number of benzene rings is 3. The van der Waals surface area contributed by atoms with Gasteiger partial charge < -0.3 is 156 Å². The van der Waals surface area contributed by atoms with Crippen molar-refractivity contribution >= 4 is 29.3 Å². The second-order valence-corrected chi connectivity index (χ2v) is 22.8. The summed E-state index contributed by atoms with van der Waals surface area (Å²) in [5.41, 5.74) is 7.10. The monoisotopic (exact) mass is 1330 g/mol. The van der Waals surface area contributed by atoms with E-state index in [1.54, 1.807) is 42.5 Å². The number of aliphatic hydroxyl groups is 16. The van der Waals surface area contributed by atoms with Crippen LogP contribution in [0, 0.1) is 0 Å². The fourth-order valence-electron chi connectivity index (χ4n) is 11.0. The highest BCUT2D eigenvalue weighted by Gasteiger charge is 2.57. The zero-order valence-electron chi connectivity index (χ0n) is 49.4. The molecule has 5 aliphatic heterocycles. The van der Waals surface area contributed by atoms with Crippen LogP contribution in [0.1, 0.15) is 24.0 Å². The number of anilines is 1. The first-order valence-corrected chi connectivity index (χ1v) is 29.6. The molecule has 0 spiro atoms. The van der Waals surface area contributed by atoms with Crippen LogP contribution in [0.2, 0.25) is 0 Å². The lowest BCUT2D eigenvalue weighted by Gasteiger charge is -2.49. The van der Waals surface area contributed by atoms with E-state index in [-0.39, 0.29) is 42.9 Å². The van der Waals surface area contributed by atoms with Crippen LogP contribution in [0.15, 0.2) is 78.9 Å². The minimum Gasteiger partial charge on any atom is -0.508 e. The third kappa shape index (κ3) is 17.8. The molecule has 0 saturated carbocycles. The molecule has 35 heteroatoms. The smallest absolute Gasteiger partial charge is 0.243 e. The Morgan fingerprint density at radius 3 is 1.23 bits per heavy atom. The van der Waals surface area contributed by atoms with E-state index in [2.05, 4.69) is 16.0 Å². The summed E-state index contributed by atoms with van der Waals surface area (Å²) in [6, 6.07) is 17.8. The van der Waals surface area contributed by atoms with Gasteiger partial charge in [0.15, 0.2) is 25.2 Å². The summed E-state index contributed by atoms with van der Waals surface area (Å²) >= 11 is 0. The third-order valence-electron chi connectivity index (χ3n) is 16.2. The summed E-state index contributed by atoms with van der Waals surface area (Å²) < 4.78 is 56.5. The van der Waals surface area contributed by atoms with Crippen molar-refractivity contribution in [2.45, 2.75) is 191 Å². The van der Waals surface area contributed by atoms with Crippen molar-refractivity contribution in [2.24, 2.45) is 5.73 Å². The number of phenolic OH excluding ortho intramolecular Hbond substituents is 1. The fourth-order valence-corrected chi connectivity index (χ4v) is 11.0. The van der Waals surface area contributed by atoms with Gasteiger partial charge in [-0.25, -0.2) is 0 Å². The second-order valence-electron chi connectivity index (χ2n) is 22.8. The standard InChI is InChI=1S/C58H80N4O31/c59-52(82)28(16-23-4-2-1-3-5-23)62-53(83)29(17-24-6-10-26(68)11-7-24)61-36(70)15-14-35(69)60-25-8-12-27(13-9-25)84-54-44(78)39(73)48(31(19-64)86-54)91-56-46(80)41(75)50(33(21-66)88-56)93-58-47(81)42(76)51(34(22-67)89-58)92-57-45(79)40(74)49(32(20-65)87-57)90-55-43(77)38(72)37(71)30(18-63)85-55/h1-13,28-34,37-51,54-58,63-68,71-81H,14-22H2,(H2,59,82)(H,60,69)(H,61,70)(H,62,83)/t28-,29-,30+,31+,32+,33+,34+,37+,38-,39+,40+,41+,42+,43+,44+,45+,46+,47+,48+,49+,50+,51+,54-,55+,56+,57+,58+/m0/s1. The maximum absolute atomic E-state index is 13.6.